The molecule has 4 heterocycles. The van der Waals surface area contributed by atoms with Gasteiger partial charge in [-0.05, 0) is 36.2 Å². The number of fused-ring (bicyclic) bond motifs is 1. The Bertz CT molecular complexity index is 1230. The van der Waals surface area contributed by atoms with Crippen LogP contribution in [0.3, 0.4) is 0 Å². The normalized spacial score (nSPS) is 15.9. The molecule has 9 heteroatoms. The van der Waals surface area contributed by atoms with Gasteiger partial charge >= 0.3 is 0 Å². The maximum absolute atomic E-state index is 11.0. The molecule has 1 saturated heterocycles. The second kappa shape index (κ2) is 10.8. The highest BCUT2D eigenvalue weighted by Crippen LogP contribution is 2.29. The molecule has 0 amide bonds. The molecule has 0 spiro atoms. The number of benzene rings is 1. The minimum absolute atomic E-state index is 0.343. The van der Waals surface area contributed by atoms with Gasteiger partial charge in [0.05, 0.1) is 12.0 Å². The van der Waals surface area contributed by atoms with Crippen LogP contribution in [0.25, 0.3) is 22.2 Å². The van der Waals surface area contributed by atoms with Crippen LogP contribution in [0.4, 0.5) is 0 Å². The summed E-state index contributed by atoms with van der Waals surface area (Å²) in [5.41, 5.74) is 3.85. The lowest BCUT2D eigenvalue weighted by molar-refractivity contribution is -0.117. The average molecular weight is 476 g/mol. The molecule has 1 atom stereocenters. The third-order valence-electron chi connectivity index (χ3n) is 6.45. The van der Waals surface area contributed by atoms with E-state index >= 15 is 0 Å². The fraction of sp³-hybridized carbons (Fsp3) is 0.346. The maximum atomic E-state index is 11.0. The Morgan fingerprint density at radius 1 is 1.14 bits per heavy atom. The highest BCUT2D eigenvalue weighted by atomic mass is 16.5. The molecule has 0 aliphatic carbocycles. The molecule has 0 saturated carbocycles. The summed E-state index contributed by atoms with van der Waals surface area (Å²) in [6.45, 7) is 5.47. The molecule has 4 aromatic rings. The van der Waals surface area contributed by atoms with E-state index in [4.69, 9.17) is 13.9 Å². The highest BCUT2D eigenvalue weighted by Gasteiger charge is 2.20. The molecule has 3 aromatic heterocycles. The summed E-state index contributed by atoms with van der Waals surface area (Å²) < 4.78 is 16.9. The van der Waals surface area contributed by atoms with Gasteiger partial charge in [-0.2, -0.15) is 5.10 Å². The van der Waals surface area contributed by atoms with Crippen LogP contribution in [-0.4, -0.2) is 83.7 Å². The number of H-pyrrole nitrogens is 1. The number of methoxy groups -OCH3 is 1. The largest absolute Gasteiger partial charge is 0.464 e. The summed E-state index contributed by atoms with van der Waals surface area (Å²) in [7, 11) is 1.58. The topological polar surface area (TPSA) is 96.7 Å². The molecule has 35 heavy (non-hydrogen) atoms. The first kappa shape index (κ1) is 23.2. The van der Waals surface area contributed by atoms with Crippen molar-refractivity contribution in [2.45, 2.75) is 12.5 Å². The average Bonchev–Trinajstić information content (AvgIpc) is 3.57. The summed E-state index contributed by atoms with van der Waals surface area (Å²) in [6, 6.07) is 11.6. The fourth-order valence-corrected chi connectivity index (χ4v) is 4.36. The number of piperazine rings is 1. The van der Waals surface area contributed by atoms with Gasteiger partial charge < -0.3 is 23.6 Å². The minimum atomic E-state index is -0.343. The van der Waals surface area contributed by atoms with Gasteiger partial charge in [-0.15, -0.1) is 0 Å². The van der Waals surface area contributed by atoms with E-state index in [2.05, 4.69) is 25.0 Å². The van der Waals surface area contributed by atoms with Crippen molar-refractivity contribution in [1.82, 2.24) is 25.0 Å². The van der Waals surface area contributed by atoms with Crippen LogP contribution < -0.4 is 4.74 Å². The van der Waals surface area contributed by atoms with Crippen LogP contribution >= 0.6 is 0 Å². The number of carbonyl (C=O) groups is 1. The molecule has 5 rings (SSSR count). The van der Waals surface area contributed by atoms with Crippen LogP contribution in [0.5, 0.6) is 11.6 Å². The number of hydrogen-bond donors (Lipinski definition) is 1. The summed E-state index contributed by atoms with van der Waals surface area (Å²) in [5, 5.41) is 7.99. The number of aromatic nitrogens is 3. The summed E-state index contributed by atoms with van der Waals surface area (Å²) in [6.07, 6.45) is 6.76. The Morgan fingerprint density at radius 3 is 2.71 bits per heavy atom. The molecule has 0 unspecified atom stereocenters. The first-order valence-corrected chi connectivity index (χ1v) is 11.8. The quantitative estimate of drug-likeness (QED) is 0.349. The monoisotopic (exact) mass is 475 g/mol. The maximum Gasteiger partial charge on any atom is 0.219 e. The summed E-state index contributed by atoms with van der Waals surface area (Å²) in [4.78, 5) is 20.1. The van der Waals surface area contributed by atoms with Crippen LogP contribution in [0.15, 0.2) is 59.5 Å². The lowest BCUT2D eigenvalue weighted by Crippen LogP contribution is -2.49. The lowest BCUT2D eigenvalue weighted by atomic mass is 10.1. The van der Waals surface area contributed by atoms with Crippen molar-refractivity contribution in [2.75, 3.05) is 46.4 Å². The number of rotatable bonds is 10. The first-order valence-electron chi connectivity index (χ1n) is 11.8. The molecular weight excluding hydrogens is 446 g/mol. The molecular formula is C26H29N5O4. The van der Waals surface area contributed by atoms with E-state index in [0.717, 1.165) is 67.7 Å². The SMILES string of the molecule is CO[C@H](C=O)CN1CCN(CCc2coc3cc(Oc4ccc(-c5ccn[nH]5)cn4)ccc23)CC1. The van der Waals surface area contributed by atoms with Crippen LogP contribution in [0.2, 0.25) is 0 Å². The number of carbonyl (C=O) groups excluding carboxylic acids is 1. The lowest BCUT2D eigenvalue weighted by Gasteiger charge is -2.35. The molecule has 1 aromatic carbocycles. The zero-order chi connectivity index (χ0) is 24.0. The van der Waals surface area contributed by atoms with E-state index < -0.39 is 0 Å². The van der Waals surface area contributed by atoms with Crippen molar-refractivity contribution >= 4 is 17.3 Å². The number of furan rings is 1. The van der Waals surface area contributed by atoms with Crippen molar-refractivity contribution < 1.29 is 18.7 Å². The van der Waals surface area contributed by atoms with Crippen molar-refractivity contribution in [1.29, 1.82) is 0 Å². The van der Waals surface area contributed by atoms with E-state index in [1.165, 1.54) is 5.56 Å². The Labute approximate surface area is 203 Å². The fourth-order valence-electron chi connectivity index (χ4n) is 4.36. The molecule has 0 radical (unpaired) electrons. The third-order valence-corrected chi connectivity index (χ3v) is 6.45. The Balaban J connectivity index is 1.15. The molecule has 182 valence electrons. The van der Waals surface area contributed by atoms with Crippen molar-refractivity contribution in [2.24, 2.45) is 0 Å². The molecule has 1 fully saturated rings. The van der Waals surface area contributed by atoms with E-state index in [-0.39, 0.29) is 6.10 Å². The predicted molar refractivity (Wildman–Crippen MR) is 132 cm³/mol. The third kappa shape index (κ3) is 5.59. The number of nitrogens with one attached hydrogen (secondary N) is 1. The number of nitrogens with zero attached hydrogens (tertiary/aromatic N) is 4. The first-order chi connectivity index (χ1) is 17.2. The van der Waals surface area contributed by atoms with Crippen molar-refractivity contribution in [3.63, 3.8) is 0 Å². The van der Waals surface area contributed by atoms with Gasteiger partial charge in [0.15, 0.2) is 0 Å². The van der Waals surface area contributed by atoms with Crippen LogP contribution in [0, 0.1) is 0 Å². The zero-order valence-corrected chi connectivity index (χ0v) is 19.7. The van der Waals surface area contributed by atoms with Gasteiger partial charge in [-0.3, -0.25) is 10.00 Å². The Kier molecular flexibility index (Phi) is 7.17. The van der Waals surface area contributed by atoms with Crippen LogP contribution in [0.1, 0.15) is 5.56 Å². The molecule has 1 aliphatic heterocycles. The second-order valence-corrected chi connectivity index (χ2v) is 8.68. The van der Waals surface area contributed by atoms with E-state index in [9.17, 15) is 4.79 Å². The van der Waals surface area contributed by atoms with Crippen molar-refractivity contribution in [3.05, 3.63) is 60.6 Å². The van der Waals surface area contributed by atoms with Gasteiger partial charge in [0.1, 0.15) is 23.7 Å². The molecule has 1 aliphatic rings. The number of pyridine rings is 1. The van der Waals surface area contributed by atoms with E-state index in [0.29, 0.717) is 18.2 Å². The van der Waals surface area contributed by atoms with Crippen LogP contribution in [-0.2, 0) is 16.0 Å². The molecule has 1 N–H and O–H groups in total. The van der Waals surface area contributed by atoms with Gasteiger partial charge in [0.25, 0.3) is 0 Å². The standard InChI is InChI=1S/C26H29N5O4/c1-33-22(17-32)16-31-12-10-30(11-13-31)9-7-20-18-34-25-14-21(3-4-23(20)25)35-26-5-2-19(15-27-26)24-6-8-28-29-24/h2-6,8,14-15,17-18,22H,7,9-13,16H2,1H3,(H,28,29)/t22-/m0/s1. The van der Waals surface area contributed by atoms with Gasteiger partial charge in [-0.25, -0.2) is 4.98 Å². The summed E-state index contributed by atoms with van der Waals surface area (Å²) in [5.74, 6) is 1.20. The van der Waals surface area contributed by atoms with Gasteiger partial charge in [0.2, 0.25) is 5.88 Å². The predicted octanol–water partition coefficient (Wildman–Crippen LogP) is 3.38. The zero-order valence-electron chi connectivity index (χ0n) is 19.7. The number of ether oxygens (including phenoxy) is 2. The highest BCUT2D eigenvalue weighted by molar-refractivity contribution is 5.82. The smallest absolute Gasteiger partial charge is 0.219 e. The number of aldehydes is 1. The number of hydrogen-bond acceptors (Lipinski definition) is 8. The van der Waals surface area contributed by atoms with Gasteiger partial charge in [-0.1, -0.05) is 0 Å². The Hall–Kier alpha value is -3.53. The molecule has 9 nitrogen and oxygen atoms in total. The minimum Gasteiger partial charge on any atom is -0.464 e. The molecule has 0 bridgehead atoms. The van der Waals surface area contributed by atoms with E-state index in [1.807, 2.05) is 42.7 Å². The number of aromatic amines is 1. The summed E-state index contributed by atoms with van der Waals surface area (Å²) >= 11 is 0. The van der Waals surface area contributed by atoms with Gasteiger partial charge in [0, 0.05) is 81.9 Å². The van der Waals surface area contributed by atoms with E-state index in [1.54, 1.807) is 19.5 Å². The van der Waals surface area contributed by atoms with Crippen molar-refractivity contribution in [3.8, 4) is 22.9 Å². The Morgan fingerprint density at radius 2 is 2.00 bits per heavy atom. The second-order valence-electron chi connectivity index (χ2n) is 8.68.